The van der Waals surface area contributed by atoms with Gasteiger partial charge in [-0.25, -0.2) is 0 Å². The summed E-state index contributed by atoms with van der Waals surface area (Å²) >= 11 is 0. The van der Waals surface area contributed by atoms with Gasteiger partial charge in [0.1, 0.15) is 0 Å². The van der Waals surface area contributed by atoms with Crippen LogP contribution in [0.1, 0.15) is 44.9 Å². The summed E-state index contributed by atoms with van der Waals surface area (Å²) in [6.45, 7) is 2.25. The van der Waals surface area contributed by atoms with Crippen LogP contribution in [0.4, 0.5) is 0 Å². The first kappa shape index (κ1) is 12.8. The van der Waals surface area contributed by atoms with E-state index in [0.717, 1.165) is 25.8 Å². The van der Waals surface area contributed by atoms with Crippen molar-refractivity contribution in [3.8, 4) is 0 Å². The highest BCUT2D eigenvalue weighted by Gasteiger charge is 2.25. The molecule has 1 unspecified atom stereocenters. The van der Waals surface area contributed by atoms with Crippen molar-refractivity contribution >= 4 is 5.91 Å². The molecule has 2 rings (SSSR count). The summed E-state index contributed by atoms with van der Waals surface area (Å²) in [7, 11) is 0. The van der Waals surface area contributed by atoms with E-state index in [0.29, 0.717) is 25.2 Å². The molecule has 1 heterocycles. The fourth-order valence-electron chi connectivity index (χ4n) is 3.07. The quantitative estimate of drug-likeness (QED) is 0.765. The maximum atomic E-state index is 11.9. The van der Waals surface area contributed by atoms with Gasteiger partial charge in [-0.1, -0.05) is 19.3 Å². The van der Waals surface area contributed by atoms with E-state index in [1.165, 1.54) is 25.7 Å². The molecule has 0 aromatic carbocycles. The van der Waals surface area contributed by atoms with Gasteiger partial charge in [-0.15, -0.1) is 0 Å². The predicted octanol–water partition coefficient (Wildman–Crippen LogP) is 0.858. The highest BCUT2D eigenvalue weighted by Crippen LogP contribution is 2.18. The van der Waals surface area contributed by atoms with Crippen LogP contribution in [-0.2, 0) is 4.79 Å². The Morgan fingerprint density at radius 3 is 2.65 bits per heavy atom. The van der Waals surface area contributed by atoms with Crippen LogP contribution in [0.25, 0.3) is 0 Å². The van der Waals surface area contributed by atoms with E-state index < -0.39 is 0 Å². The molecule has 3 N–H and O–H groups in total. The first-order chi connectivity index (χ1) is 8.29. The Morgan fingerprint density at radius 1 is 1.18 bits per heavy atom. The molecular formula is C13H25N3O. The number of carbonyl (C=O) groups is 1. The van der Waals surface area contributed by atoms with E-state index in [1.54, 1.807) is 0 Å². The van der Waals surface area contributed by atoms with Gasteiger partial charge in [0, 0.05) is 18.6 Å². The van der Waals surface area contributed by atoms with Crippen molar-refractivity contribution in [2.24, 2.45) is 5.73 Å². The average molecular weight is 239 g/mol. The van der Waals surface area contributed by atoms with Crippen molar-refractivity contribution in [3.05, 3.63) is 0 Å². The Labute approximate surface area is 104 Å². The molecule has 1 saturated carbocycles. The number of carbonyl (C=O) groups excluding carboxylic acids is 1. The summed E-state index contributed by atoms with van der Waals surface area (Å²) < 4.78 is 0. The summed E-state index contributed by atoms with van der Waals surface area (Å²) in [5.41, 5.74) is 5.71. The summed E-state index contributed by atoms with van der Waals surface area (Å²) in [5, 5.41) is 3.17. The van der Waals surface area contributed by atoms with Crippen LogP contribution in [0.15, 0.2) is 0 Å². The van der Waals surface area contributed by atoms with E-state index in [2.05, 4.69) is 10.2 Å². The lowest BCUT2D eigenvalue weighted by atomic mass is 9.95. The number of nitrogens with one attached hydrogen (secondary N) is 1. The van der Waals surface area contributed by atoms with Crippen molar-refractivity contribution in [3.63, 3.8) is 0 Å². The zero-order chi connectivity index (χ0) is 12.1. The van der Waals surface area contributed by atoms with Gasteiger partial charge < -0.3 is 11.1 Å². The molecule has 4 nitrogen and oxygen atoms in total. The lowest BCUT2D eigenvalue weighted by molar-refractivity contribution is -0.123. The zero-order valence-electron chi connectivity index (χ0n) is 10.7. The maximum absolute atomic E-state index is 11.9. The largest absolute Gasteiger partial charge is 0.352 e. The Kier molecular flexibility index (Phi) is 4.80. The highest BCUT2D eigenvalue weighted by molar-refractivity contribution is 5.78. The van der Waals surface area contributed by atoms with Crippen LogP contribution in [0.5, 0.6) is 0 Å². The smallest absolute Gasteiger partial charge is 0.234 e. The first-order valence-electron chi connectivity index (χ1n) is 7.03. The molecule has 1 atom stereocenters. The number of nitrogens with two attached hydrogens (primary N) is 1. The molecule has 0 spiro atoms. The number of amides is 1. The summed E-state index contributed by atoms with van der Waals surface area (Å²) in [4.78, 5) is 14.2. The van der Waals surface area contributed by atoms with Gasteiger partial charge in [0.2, 0.25) is 5.91 Å². The van der Waals surface area contributed by atoms with Crippen LogP contribution in [0.2, 0.25) is 0 Å². The summed E-state index contributed by atoms with van der Waals surface area (Å²) in [5.74, 6) is 0.192. The molecule has 1 saturated heterocycles. The molecule has 1 aliphatic heterocycles. The third-order valence-corrected chi connectivity index (χ3v) is 4.09. The van der Waals surface area contributed by atoms with Crippen LogP contribution in [-0.4, -0.2) is 42.5 Å². The molecule has 1 amide bonds. The van der Waals surface area contributed by atoms with Crippen molar-refractivity contribution in [2.75, 3.05) is 19.6 Å². The molecule has 98 valence electrons. The van der Waals surface area contributed by atoms with Gasteiger partial charge in [0.15, 0.2) is 0 Å². The average Bonchev–Trinajstić information content (AvgIpc) is 2.77. The Hall–Kier alpha value is -0.610. The van der Waals surface area contributed by atoms with Gasteiger partial charge in [-0.05, 0) is 32.2 Å². The molecule has 4 heteroatoms. The first-order valence-corrected chi connectivity index (χ1v) is 7.03. The minimum Gasteiger partial charge on any atom is -0.352 e. The van der Waals surface area contributed by atoms with Gasteiger partial charge in [0.05, 0.1) is 6.54 Å². The lowest BCUT2D eigenvalue weighted by Gasteiger charge is -2.26. The van der Waals surface area contributed by atoms with Crippen molar-refractivity contribution in [1.82, 2.24) is 10.2 Å². The molecule has 0 radical (unpaired) electrons. The Balaban J connectivity index is 1.72. The lowest BCUT2D eigenvalue weighted by Crippen LogP contribution is -2.45. The standard InChI is InChI=1S/C13H25N3O/c14-9-12-7-4-8-16(12)10-13(17)15-11-5-2-1-3-6-11/h11-12H,1-10,14H2,(H,15,17). The van der Waals surface area contributed by atoms with E-state index in [1.807, 2.05) is 0 Å². The minimum absolute atomic E-state index is 0.192. The van der Waals surface area contributed by atoms with Crippen LogP contribution < -0.4 is 11.1 Å². The topological polar surface area (TPSA) is 58.4 Å². The predicted molar refractivity (Wildman–Crippen MR) is 68.7 cm³/mol. The Morgan fingerprint density at radius 2 is 1.94 bits per heavy atom. The Bertz CT molecular complexity index is 251. The fraction of sp³-hybridized carbons (Fsp3) is 0.923. The van der Waals surface area contributed by atoms with E-state index >= 15 is 0 Å². The second-order valence-corrected chi connectivity index (χ2v) is 5.40. The molecule has 17 heavy (non-hydrogen) atoms. The van der Waals surface area contributed by atoms with Crippen LogP contribution in [0, 0.1) is 0 Å². The SMILES string of the molecule is NCC1CCCN1CC(=O)NC1CCCCC1. The number of hydrogen-bond acceptors (Lipinski definition) is 3. The van der Waals surface area contributed by atoms with E-state index in [9.17, 15) is 4.79 Å². The number of rotatable bonds is 4. The third-order valence-electron chi connectivity index (χ3n) is 4.09. The maximum Gasteiger partial charge on any atom is 0.234 e. The molecule has 2 fully saturated rings. The van der Waals surface area contributed by atoms with Crippen molar-refractivity contribution in [1.29, 1.82) is 0 Å². The van der Waals surface area contributed by atoms with Crippen LogP contribution >= 0.6 is 0 Å². The van der Waals surface area contributed by atoms with Crippen molar-refractivity contribution in [2.45, 2.75) is 57.0 Å². The molecule has 1 aliphatic carbocycles. The number of hydrogen-bond donors (Lipinski definition) is 2. The zero-order valence-corrected chi connectivity index (χ0v) is 10.7. The van der Waals surface area contributed by atoms with Crippen LogP contribution in [0.3, 0.4) is 0 Å². The monoisotopic (exact) mass is 239 g/mol. The van der Waals surface area contributed by atoms with E-state index in [4.69, 9.17) is 5.73 Å². The molecule has 0 aromatic heterocycles. The van der Waals surface area contributed by atoms with Gasteiger partial charge in [-0.2, -0.15) is 0 Å². The summed E-state index contributed by atoms with van der Waals surface area (Å²) in [6, 6.07) is 0.849. The second kappa shape index (κ2) is 6.36. The van der Waals surface area contributed by atoms with Gasteiger partial charge in [-0.3, -0.25) is 9.69 Å². The molecule has 0 aromatic rings. The third kappa shape index (κ3) is 3.68. The molecular weight excluding hydrogens is 214 g/mol. The molecule has 0 bridgehead atoms. The minimum atomic E-state index is 0.192. The van der Waals surface area contributed by atoms with Gasteiger partial charge >= 0.3 is 0 Å². The van der Waals surface area contributed by atoms with Crippen molar-refractivity contribution < 1.29 is 4.79 Å². The van der Waals surface area contributed by atoms with Gasteiger partial charge in [0.25, 0.3) is 0 Å². The number of nitrogens with zero attached hydrogens (tertiary/aromatic N) is 1. The normalized spacial score (nSPS) is 27.2. The number of likely N-dealkylation sites (tertiary alicyclic amines) is 1. The second-order valence-electron chi connectivity index (χ2n) is 5.40. The fourth-order valence-corrected chi connectivity index (χ4v) is 3.07. The highest BCUT2D eigenvalue weighted by atomic mass is 16.2. The van der Waals surface area contributed by atoms with E-state index in [-0.39, 0.29) is 5.91 Å². The summed E-state index contributed by atoms with van der Waals surface area (Å²) in [6.07, 6.45) is 8.50. The molecule has 2 aliphatic rings.